The van der Waals surface area contributed by atoms with Crippen molar-refractivity contribution in [2.24, 2.45) is 0 Å². The maximum atomic E-state index is 12.0. The lowest BCUT2D eigenvalue weighted by atomic mass is 10.2. The normalized spacial score (nSPS) is 10.7. The molecule has 3 rings (SSSR count). The molecule has 20 heavy (non-hydrogen) atoms. The summed E-state index contributed by atoms with van der Waals surface area (Å²) >= 11 is 7.26. The van der Waals surface area contributed by atoms with Crippen LogP contribution in [0.2, 0.25) is 5.02 Å². The first-order valence-corrected chi connectivity index (χ1v) is 7.35. The second-order valence-electron chi connectivity index (χ2n) is 4.28. The van der Waals surface area contributed by atoms with E-state index in [1.54, 1.807) is 11.4 Å². The maximum absolute atomic E-state index is 12.0. The van der Waals surface area contributed by atoms with Crippen molar-refractivity contribution in [1.29, 1.82) is 0 Å². The highest BCUT2D eigenvalue weighted by Gasteiger charge is 2.11. The molecule has 0 unspecified atom stereocenters. The van der Waals surface area contributed by atoms with Gasteiger partial charge in [-0.05, 0) is 23.6 Å². The average Bonchev–Trinajstić information content (AvgIpc) is 2.91. The van der Waals surface area contributed by atoms with Gasteiger partial charge in [0.25, 0.3) is 5.91 Å². The van der Waals surface area contributed by atoms with Crippen molar-refractivity contribution in [2.75, 3.05) is 0 Å². The number of carbonyl (C=O) groups is 1. The van der Waals surface area contributed by atoms with Crippen molar-refractivity contribution in [3.63, 3.8) is 0 Å². The van der Waals surface area contributed by atoms with Crippen molar-refractivity contribution in [1.82, 2.24) is 10.3 Å². The molecular formula is C15H11ClN2OS. The number of fused-ring (bicyclic) bond motifs is 1. The molecule has 0 aliphatic rings. The molecule has 0 fully saturated rings. The Bertz CT molecular complexity index is 769. The summed E-state index contributed by atoms with van der Waals surface area (Å²) in [6.07, 6.45) is 0. The number of rotatable bonds is 3. The van der Waals surface area contributed by atoms with Gasteiger partial charge in [-0.1, -0.05) is 35.9 Å². The summed E-state index contributed by atoms with van der Waals surface area (Å²) < 4.78 is 0. The van der Waals surface area contributed by atoms with Crippen LogP contribution in [0.3, 0.4) is 0 Å². The zero-order valence-electron chi connectivity index (χ0n) is 10.5. The average molecular weight is 303 g/mol. The molecule has 3 nitrogen and oxygen atoms in total. The van der Waals surface area contributed by atoms with Crippen molar-refractivity contribution in [3.8, 4) is 0 Å². The standard InChI is InChI=1S/C15H11ClN2OS/c16-12-7-8-20-14(12)15(19)17-9-11-6-5-10-3-1-2-4-13(10)18-11/h1-8H,9H2,(H,17,19). The van der Waals surface area contributed by atoms with E-state index in [-0.39, 0.29) is 5.91 Å². The summed E-state index contributed by atoms with van der Waals surface area (Å²) in [5, 5.41) is 6.20. The number of hydrogen-bond acceptors (Lipinski definition) is 3. The highest BCUT2D eigenvalue weighted by Crippen LogP contribution is 2.21. The van der Waals surface area contributed by atoms with Gasteiger partial charge in [0, 0.05) is 5.39 Å². The van der Waals surface area contributed by atoms with E-state index in [9.17, 15) is 4.79 Å². The predicted octanol–water partition coefficient (Wildman–Crippen LogP) is 3.88. The minimum Gasteiger partial charge on any atom is -0.346 e. The second kappa shape index (κ2) is 5.61. The summed E-state index contributed by atoms with van der Waals surface area (Å²) in [7, 11) is 0. The molecule has 3 aromatic rings. The third kappa shape index (κ3) is 2.66. The first kappa shape index (κ1) is 13.1. The molecule has 0 atom stereocenters. The van der Waals surface area contributed by atoms with E-state index < -0.39 is 0 Å². The monoisotopic (exact) mass is 302 g/mol. The van der Waals surface area contributed by atoms with Gasteiger partial charge in [-0.25, -0.2) is 0 Å². The van der Waals surface area contributed by atoms with Crippen molar-refractivity contribution < 1.29 is 4.79 Å². The molecular weight excluding hydrogens is 292 g/mol. The number of benzene rings is 1. The van der Waals surface area contributed by atoms with Gasteiger partial charge in [0.05, 0.1) is 22.8 Å². The number of nitrogens with zero attached hydrogens (tertiary/aromatic N) is 1. The van der Waals surface area contributed by atoms with Crippen molar-refractivity contribution in [2.45, 2.75) is 6.54 Å². The van der Waals surface area contributed by atoms with Gasteiger partial charge < -0.3 is 5.32 Å². The number of para-hydroxylation sites is 1. The molecule has 0 aliphatic carbocycles. The fraction of sp³-hybridized carbons (Fsp3) is 0.0667. The largest absolute Gasteiger partial charge is 0.346 e. The van der Waals surface area contributed by atoms with Crippen LogP contribution in [0, 0.1) is 0 Å². The lowest BCUT2D eigenvalue weighted by Crippen LogP contribution is -2.22. The van der Waals surface area contributed by atoms with Gasteiger partial charge in [0.2, 0.25) is 0 Å². The summed E-state index contributed by atoms with van der Waals surface area (Å²) in [6, 6.07) is 13.5. The molecule has 1 aromatic carbocycles. The minimum absolute atomic E-state index is 0.167. The molecule has 2 aromatic heterocycles. The number of amides is 1. The quantitative estimate of drug-likeness (QED) is 0.798. The van der Waals surface area contributed by atoms with Crippen molar-refractivity contribution >= 4 is 39.7 Å². The highest BCUT2D eigenvalue weighted by molar-refractivity contribution is 7.12. The van der Waals surface area contributed by atoms with Crippen LogP contribution in [-0.2, 0) is 6.54 Å². The molecule has 1 N–H and O–H groups in total. The molecule has 5 heteroatoms. The highest BCUT2D eigenvalue weighted by atomic mass is 35.5. The van der Waals surface area contributed by atoms with E-state index in [2.05, 4.69) is 10.3 Å². The molecule has 0 spiro atoms. The van der Waals surface area contributed by atoms with Crippen LogP contribution in [0.1, 0.15) is 15.4 Å². The van der Waals surface area contributed by atoms with Gasteiger partial charge >= 0.3 is 0 Å². The molecule has 0 saturated heterocycles. The van der Waals surface area contributed by atoms with Crippen LogP contribution in [0.25, 0.3) is 10.9 Å². The van der Waals surface area contributed by atoms with Crippen LogP contribution in [0.15, 0.2) is 47.8 Å². The number of thiophene rings is 1. The summed E-state index contributed by atoms with van der Waals surface area (Å²) in [6.45, 7) is 0.387. The van der Waals surface area contributed by atoms with Gasteiger partial charge in [0.15, 0.2) is 0 Å². The van der Waals surface area contributed by atoms with Gasteiger partial charge in [-0.15, -0.1) is 11.3 Å². The second-order valence-corrected chi connectivity index (χ2v) is 5.60. The van der Waals surface area contributed by atoms with Crippen LogP contribution in [0.5, 0.6) is 0 Å². The van der Waals surface area contributed by atoms with Gasteiger partial charge in [-0.3, -0.25) is 9.78 Å². The number of halogens is 1. The first-order chi connectivity index (χ1) is 9.74. The molecule has 0 aliphatic heterocycles. The predicted molar refractivity (Wildman–Crippen MR) is 82.2 cm³/mol. The van der Waals surface area contributed by atoms with Crippen molar-refractivity contribution in [3.05, 3.63) is 63.4 Å². The Morgan fingerprint density at radius 2 is 2.05 bits per heavy atom. The van der Waals surface area contributed by atoms with E-state index in [1.807, 2.05) is 36.4 Å². The SMILES string of the molecule is O=C(NCc1ccc2ccccc2n1)c1sccc1Cl. The van der Waals surface area contributed by atoms with Gasteiger partial charge in [0.1, 0.15) is 4.88 Å². The van der Waals surface area contributed by atoms with Gasteiger partial charge in [-0.2, -0.15) is 0 Å². The van der Waals surface area contributed by atoms with Crippen LogP contribution in [0.4, 0.5) is 0 Å². The Morgan fingerprint density at radius 1 is 1.20 bits per heavy atom. The smallest absolute Gasteiger partial charge is 0.263 e. The van der Waals surface area contributed by atoms with Crippen LogP contribution < -0.4 is 5.32 Å². The Balaban J connectivity index is 1.74. The minimum atomic E-state index is -0.167. The van der Waals surface area contributed by atoms with E-state index >= 15 is 0 Å². The number of aromatic nitrogens is 1. The zero-order valence-corrected chi connectivity index (χ0v) is 12.0. The molecule has 0 bridgehead atoms. The third-order valence-electron chi connectivity index (χ3n) is 2.91. The lowest BCUT2D eigenvalue weighted by molar-refractivity contribution is 0.0954. The Kier molecular flexibility index (Phi) is 3.67. The summed E-state index contributed by atoms with van der Waals surface area (Å²) in [5.41, 5.74) is 1.75. The van der Waals surface area contributed by atoms with E-state index in [4.69, 9.17) is 11.6 Å². The first-order valence-electron chi connectivity index (χ1n) is 6.10. The fourth-order valence-corrected chi connectivity index (χ4v) is 2.97. The van der Waals surface area contributed by atoms with Crippen LogP contribution in [-0.4, -0.2) is 10.9 Å². The number of hydrogen-bond donors (Lipinski definition) is 1. The Hall–Kier alpha value is -1.91. The third-order valence-corrected chi connectivity index (χ3v) is 4.25. The Morgan fingerprint density at radius 3 is 2.85 bits per heavy atom. The topological polar surface area (TPSA) is 42.0 Å². The lowest BCUT2D eigenvalue weighted by Gasteiger charge is -2.05. The molecule has 2 heterocycles. The summed E-state index contributed by atoms with van der Waals surface area (Å²) in [4.78, 5) is 17.0. The number of nitrogens with one attached hydrogen (secondary N) is 1. The zero-order chi connectivity index (χ0) is 13.9. The maximum Gasteiger partial charge on any atom is 0.263 e. The molecule has 0 saturated carbocycles. The Labute approximate surface area is 125 Å². The number of carbonyl (C=O) groups excluding carboxylic acids is 1. The van der Waals surface area contributed by atoms with E-state index in [0.717, 1.165) is 16.6 Å². The number of pyridine rings is 1. The van der Waals surface area contributed by atoms with E-state index in [0.29, 0.717) is 16.4 Å². The summed E-state index contributed by atoms with van der Waals surface area (Å²) in [5.74, 6) is -0.167. The van der Waals surface area contributed by atoms with Crippen LogP contribution >= 0.6 is 22.9 Å². The molecule has 0 radical (unpaired) electrons. The fourth-order valence-electron chi connectivity index (χ4n) is 1.91. The van der Waals surface area contributed by atoms with E-state index in [1.165, 1.54) is 11.3 Å². The molecule has 1 amide bonds. The molecule has 100 valence electrons.